The molecule has 2 N–H and O–H groups in total. The number of hydrogen-bond donors (Lipinski definition) is 1. The summed E-state index contributed by atoms with van der Waals surface area (Å²) >= 11 is 0. The highest BCUT2D eigenvalue weighted by Crippen LogP contribution is 2.29. The fourth-order valence-electron chi connectivity index (χ4n) is 2.73. The van der Waals surface area contributed by atoms with E-state index in [0.717, 1.165) is 18.8 Å². The Morgan fingerprint density at radius 1 is 1.35 bits per heavy atom. The summed E-state index contributed by atoms with van der Waals surface area (Å²) in [6, 6.07) is 1.51. The van der Waals surface area contributed by atoms with Crippen LogP contribution in [0, 0.1) is 11.7 Å². The van der Waals surface area contributed by atoms with Crippen molar-refractivity contribution in [1.29, 1.82) is 0 Å². The number of halogens is 1. The fourth-order valence-corrected chi connectivity index (χ4v) is 2.73. The molecule has 0 aliphatic heterocycles. The van der Waals surface area contributed by atoms with Gasteiger partial charge in [0, 0.05) is 17.8 Å². The van der Waals surface area contributed by atoms with E-state index < -0.39 is 0 Å². The fraction of sp³-hybridized carbons (Fsp3) is 0.643. The average molecular weight is 236 g/mol. The predicted octanol–water partition coefficient (Wildman–Crippen LogP) is 3.58. The number of pyridine rings is 1. The first-order valence-corrected chi connectivity index (χ1v) is 6.62. The first-order chi connectivity index (χ1) is 8.27. The molecule has 0 amide bonds. The molecule has 2 rings (SSSR count). The van der Waals surface area contributed by atoms with Crippen molar-refractivity contribution in [3.05, 3.63) is 29.8 Å². The summed E-state index contributed by atoms with van der Waals surface area (Å²) in [6.07, 6.45) is 11.6. The summed E-state index contributed by atoms with van der Waals surface area (Å²) in [5, 5.41) is 0. The zero-order valence-electron chi connectivity index (χ0n) is 10.2. The van der Waals surface area contributed by atoms with E-state index in [0.29, 0.717) is 5.56 Å². The van der Waals surface area contributed by atoms with E-state index in [-0.39, 0.29) is 11.9 Å². The van der Waals surface area contributed by atoms with Crippen molar-refractivity contribution in [3.8, 4) is 0 Å². The molecule has 94 valence electrons. The van der Waals surface area contributed by atoms with E-state index in [4.69, 9.17) is 5.73 Å². The van der Waals surface area contributed by atoms with Gasteiger partial charge in [0.1, 0.15) is 5.82 Å². The van der Waals surface area contributed by atoms with E-state index in [9.17, 15) is 4.39 Å². The van der Waals surface area contributed by atoms with Crippen LogP contribution in [0.4, 0.5) is 4.39 Å². The van der Waals surface area contributed by atoms with Gasteiger partial charge < -0.3 is 5.73 Å². The molecule has 1 saturated carbocycles. The topological polar surface area (TPSA) is 38.9 Å². The SMILES string of the molecule is NC(CCC1CCCCC1)c1ccncc1F. The molecule has 1 fully saturated rings. The maximum Gasteiger partial charge on any atom is 0.146 e. The Morgan fingerprint density at radius 2 is 2.12 bits per heavy atom. The lowest BCUT2D eigenvalue weighted by molar-refractivity contribution is 0.323. The zero-order valence-corrected chi connectivity index (χ0v) is 10.2. The minimum Gasteiger partial charge on any atom is -0.324 e. The average Bonchev–Trinajstić information content (AvgIpc) is 2.38. The van der Waals surface area contributed by atoms with Gasteiger partial charge in [0.05, 0.1) is 6.20 Å². The van der Waals surface area contributed by atoms with Crippen molar-refractivity contribution >= 4 is 0 Å². The lowest BCUT2D eigenvalue weighted by Gasteiger charge is -2.23. The normalized spacial score (nSPS) is 19.2. The highest BCUT2D eigenvalue weighted by Gasteiger charge is 2.16. The van der Waals surface area contributed by atoms with Gasteiger partial charge in [-0.2, -0.15) is 0 Å². The Hall–Kier alpha value is -0.960. The molecule has 1 aromatic heterocycles. The molecular formula is C14H21FN2. The largest absolute Gasteiger partial charge is 0.324 e. The van der Waals surface area contributed by atoms with Gasteiger partial charge in [-0.15, -0.1) is 0 Å². The Labute approximate surface area is 102 Å². The minimum atomic E-state index is -0.274. The van der Waals surface area contributed by atoms with Gasteiger partial charge in [-0.3, -0.25) is 4.98 Å². The van der Waals surface area contributed by atoms with Crippen LogP contribution in [0.5, 0.6) is 0 Å². The lowest BCUT2D eigenvalue weighted by Crippen LogP contribution is -2.15. The van der Waals surface area contributed by atoms with Crippen molar-refractivity contribution in [2.45, 2.75) is 51.0 Å². The third kappa shape index (κ3) is 3.50. The van der Waals surface area contributed by atoms with E-state index in [2.05, 4.69) is 4.98 Å². The smallest absolute Gasteiger partial charge is 0.146 e. The Balaban J connectivity index is 1.84. The first-order valence-electron chi connectivity index (χ1n) is 6.62. The molecule has 0 saturated heterocycles. The minimum absolute atomic E-state index is 0.181. The van der Waals surface area contributed by atoms with Crippen LogP contribution >= 0.6 is 0 Å². The third-order valence-corrected chi connectivity index (χ3v) is 3.81. The van der Waals surface area contributed by atoms with Gasteiger partial charge in [0.25, 0.3) is 0 Å². The highest BCUT2D eigenvalue weighted by atomic mass is 19.1. The molecule has 0 radical (unpaired) electrons. The van der Waals surface area contributed by atoms with Crippen molar-refractivity contribution in [1.82, 2.24) is 4.98 Å². The number of nitrogens with zero attached hydrogens (tertiary/aromatic N) is 1. The summed E-state index contributed by atoms with van der Waals surface area (Å²) in [5.41, 5.74) is 6.65. The predicted molar refractivity (Wildman–Crippen MR) is 66.9 cm³/mol. The number of hydrogen-bond acceptors (Lipinski definition) is 2. The van der Waals surface area contributed by atoms with Gasteiger partial charge in [-0.1, -0.05) is 32.1 Å². The van der Waals surface area contributed by atoms with E-state index in [1.807, 2.05) is 0 Å². The Kier molecular flexibility index (Phi) is 4.49. The van der Waals surface area contributed by atoms with Gasteiger partial charge in [-0.25, -0.2) is 4.39 Å². The highest BCUT2D eigenvalue weighted by molar-refractivity contribution is 5.16. The molecule has 0 bridgehead atoms. The van der Waals surface area contributed by atoms with Crippen molar-refractivity contribution < 1.29 is 4.39 Å². The second-order valence-electron chi connectivity index (χ2n) is 5.09. The summed E-state index contributed by atoms with van der Waals surface area (Å²) < 4.78 is 13.5. The molecule has 0 spiro atoms. The van der Waals surface area contributed by atoms with Gasteiger partial charge in [0.2, 0.25) is 0 Å². The van der Waals surface area contributed by atoms with Gasteiger partial charge >= 0.3 is 0 Å². The van der Waals surface area contributed by atoms with E-state index in [1.54, 1.807) is 12.3 Å². The summed E-state index contributed by atoms with van der Waals surface area (Å²) in [4.78, 5) is 3.75. The van der Waals surface area contributed by atoms with E-state index in [1.165, 1.54) is 38.3 Å². The Bertz CT molecular complexity index is 348. The van der Waals surface area contributed by atoms with E-state index >= 15 is 0 Å². The molecule has 1 aliphatic rings. The molecule has 1 unspecified atom stereocenters. The molecule has 1 aromatic rings. The summed E-state index contributed by atoms with van der Waals surface area (Å²) in [5.74, 6) is 0.531. The van der Waals surface area contributed by atoms with Crippen LogP contribution in [0.25, 0.3) is 0 Å². The van der Waals surface area contributed by atoms with Gasteiger partial charge in [0.15, 0.2) is 0 Å². The Morgan fingerprint density at radius 3 is 2.82 bits per heavy atom. The van der Waals surface area contributed by atoms with Crippen LogP contribution in [-0.4, -0.2) is 4.98 Å². The second-order valence-corrected chi connectivity index (χ2v) is 5.09. The molecular weight excluding hydrogens is 215 g/mol. The third-order valence-electron chi connectivity index (χ3n) is 3.81. The quantitative estimate of drug-likeness (QED) is 0.867. The molecule has 2 nitrogen and oxygen atoms in total. The maximum atomic E-state index is 13.5. The molecule has 1 heterocycles. The van der Waals surface area contributed by atoms with Crippen LogP contribution in [0.3, 0.4) is 0 Å². The van der Waals surface area contributed by atoms with Crippen molar-refractivity contribution in [3.63, 3.8) is 0 Å². The zero-order chi connectivity index (χ0) is 12.1. The number of rotatable bonds is 4. The molecule has 0 aromatic carbocycles. The monoisotopic (exact) mass is 236 g/mol. The second kappa shape index (κ2) is 6.10. The van der Waals surface area contributed by atoms with Gasteiger partial charge in [-0.05, 0) is 24.8 Å². The number of aromatic nitrogens is 1. The first kappa shape index (κ1) is 12.5. The summed E-state index contributed by atoms with van der Waals surface area (Å²) in [6.45, 7) is 0. The van der Waals surface area contributed by atoms with Crippen molar-refractivity contribution in [2.24, 2.45) is 11.7 Å². The van der Waals surface area contributed by atoms with Crippen LogP contribution in [-0.2, 0) is 0 Å². The summed E-state index contributed by atoms with van der Waals surface area (Å²) in [7, 11) is 0. The molecule has 1 atom stereocenters. The maximum absolute atomic E-state index is 13.5. The van der Waals surface area contributed by atoms with Crippen LogP contribution in [0.15, 0.2) is 18.5 Å². The molecule has 1 aliphatic carbocycles. The van der Waals surface area contributed by atoms with Crippen LogP contribution in [0.1, 0.15) is 56.6 Å². The molecule has 17 heavy (non-hydrogen) atoms. The van der Waals surface area contributed by atoms with Crippen molar-refractivity contribution in [2.75, 3.05) is 0 Å². The lowest BCUT2D eigenvalue weighted by atomic mass is 9.84. The van der Waals surface area contributed by atoms with Crippen LogP contribution in [0.2, 0.25) is 0 Å². The molecule has 3 heteroatoms. The number of nitrogens with two attached hydrogens (primary N) is 1. The van der Waals surface area contributed by atoms with Crippen LogP contribution < -0.4 is 5.73 Å². The standard InChI is InChI=1S/C14H21FN2/c15-13-10-17-9-8-12(13)14(16)7-6-11-4-2-1-3-5-11/h8-11,14H,1-7,16H2.